The Balaban J connectivity index is 2.37. The SMILES string of the molecule is COc1cccc(C(N)c2ncc(Cl)cc2Cl)c1. The van der Waals surface area contributed by atoms with Crippen molar-refractivity contribution in [1.82, 2.24) is 4.98 Å². The minimum Gasteiger partial charge on any atom is -0.497 e. The second kappa shape index (κ2) is 5.57. The molecule has 0 bridgehead atoms. The third-order valence-corrected chi connectivity index (χ3v) is 3.09. The minimum atomic E-state index is -0.412. The zero-order valence-corrected chi connectivity index (χ0v) is 11.2. The van der Waals surface area contributed by atoms with Gasteiger partial charge in [0.05, 0.1) is 28.9 Å². The van der Waals surface area contributed by atoms with Crippen LogP contribution in [0.4, 0.5) is 0 Å². The van der Waals surface area contributed by atoms with E-state index in [1.165, 1.54) is 6.20 Å². The van der Waals surface area contributed by atoms with Crippen LogP contribution in [0.3, 0.4) is 0 Å². The zero-order valence-electron chi connectivity index (χ0n) is 9.73. The van der Waals surface area contributed by atoms with E-state index in [1.807, 2.05) is 24.3 Å². The Kier molecular flexibility index (Phi) is 4.07. The zero-order chi connectivity index (χ0) is 13.1. The van der Waals surface area contributed by atoms with Crippen molar-refractivity contribution in [3.05, 3.63) is 57.8 Å². The Bertz CT molecular complexity index is 560. The molecule has 18 heavy (non-hydrogen) atoms. The number of nitrogens with zero attached hydrogens (tertiary/aromatic N) is 1. The average Bonchev–Trinajstić information content (AvgIpc) is 2.38. The Labute approximate surface area is 115 Å². The van der Waals surface area contributed by atoms with Crippen LogP contribution in [-0.2, 0) is 0 Å². The van der Waals surface area contributed by atoms with Crippen molar-refractivity contribution < 1.29 is 4.74 Å². The van der Waals surface area contributed by atoms with E-state index in [1.54, 1.807) is 13.2 Å². The number of hydrogen-bond acceptors (Lipinski definition) is 3. The molecule has 0 radical (unpaired) electrons. The smallest absolute Gasteiger partial charge is 0.119 e. The molecule has 0 saturated heterocycles. The summed E-state index contributed by atoms with van der Waals surface area (Å²) in [5.74, 6) is 0.744. The largest absolute Gasteiger partial charge is 0.497 e. The van der Waals surface area contributed by atoms with Gasteiger partial charge >= 0.3 is 0 Å². The number of aromatic nitrogens is 1. The van der Waals surface area contributed by atoms with Gasteiger partial charge in [-0.1, -0.05) is 35.3 Å². The highest BCUT2D eigenvalue weighted by Crippen LogP contribution is 2.28. The second-order valence-electron chi connectivity index (χ2n) is 3.77. The third kappa shape index (κ3) is 2.75. The fraction of sp³-hybridized carbons (Fsp3) is 0.154. The normalized spacial score (nSPS) is 12.2. The topological polar surface area (TPSA) is 48.1 Å². The number of benzene rings is 1. The van der Waals surface area contributed by atoms with Crippen molar-refractivity contribution in [2.75, 3.05) is 7.11 Å². The molecule has 0 aliphatic rings. The van der Waals surface area contributed by atoms with Crippen LogP contribution in [0.1, 0.15) is 17.3 Å². The number of hydrogen-bond donors (Lipinski definition) is 1. The first-order valence-electron chi connectivity index (χ1n) is 5.32. The lowest BCUT2D eigenvalue weighted by Gasteiger charge is -2.14. The lowest BCUT2D eigenvalue weighted by molar-refractivity contribution is 0.414. The van der Waals surface area contributed by atoms with Crippen LogP contribution in [-0.4, -0.2) is 12.1 Å². The van der Waals surface area contributed by atoms with E-state index in [0.29, 0.717) is 15.7 Å². The fourth-order valence-electron chi connectivity index (χ4n) is 1.65. The second-order valence-corrected chi connectivity index (χ2v) is 4.62. The summed E-state index contributed by atoms with van der Waals surface area (Å²) in [5, 5.41) is 0.944. The maximum Gasteiger partial charge on any atom is 0.119 e. The van der Waals surface area contributed by atoms with Gasteiger partial charge in [0.2, 0.25) is 0 Å². The molecule has 1 aromatic heterocycles. The van der Waals surface area contributed by atoms with Gasteiger partial charge < -0.3 is 10.5 Å². The maximum atomic E-state index is 6.15. The van der Waals surface area contributed by atoms with Gasteiger partial charge in [0.25, 0.3) is 0 Å². The molecule has 2 aromatic rings. The molecule has 0 saturated carbocycles. The van der Waals surface area contributed by atoms with Crippen molar-refractivity contribution in [3.63, 3.8) is 0 Å². The van der Waals surface area contributed by atoms with Crippen molar-refractivity contribution in [3.8, 4) is 5.75 Å². The highest BCUT2D eigenvalue weighted by atomic mass is 35.5. The van der Waals surface area contributed by atoms with E-state index < -0.39 is 6.04 Å². The van der Waals surface area contributed by atoms with Gasteiger partial charge in [-0.15, -0.1) is 0 Å². The summed E-state index contributed by atoms with van der Waals surface area (Å²) >= 11 is 11.9. The molecule has 94 valence electrons. The van der Waals surface area contributed by atoms with Crippen molar-refractivity contribution in [1.29, 1.82) is 0 Å². The van der Waals surface area contributed by atoms with Crippen LogP contribution in [0, 0.1) is 0 Å². The number of ether oxygens (including phenoxy) is 1. The lowest BCUT2D eigenvalue weighted by Crippen LogP contribution is -2.14. The molecular weight excluding hydrogens is 271 g/mol. The van der Waals surface area contributed by atoms with Gasteiger partial charge in [0.15, 0.2) is 0 Å². The van der Waals surface area contributed by atoms with Gasteiger partial charge in [-0.2, -0.15) is 0 Å². The third-order valence-electron chi connectivity index (χ3n) is 2.58. The molecule has 2 rings (SSSR count). The van der Waals surface area contributed by atoms with E-state index >= 15 is 0 Å². The molecule has 0 fully saturated rings. The van der Waals surface area contributed by atoms with Gasteiger partial charge in [0, 0.05) is 6.20 Å². The van der Waals surface area contributed by atoms with Crippen molar-refractivity contribution >= 4 is 23.2 Å². The Morgan fingerprint density at radius 2 is 2.06 bits per heavy atom. The predicted octanol–water partition coefficient (Wildman–Crippen LogP) is 3.45. The van der Waals surface area contributed by atoms with Crippen LogP contribution in [0.2, 0.25) is 10.0 Å². The summed E-state index contributed by atoms with van der Waals surface area (Å²) in [7, 11) is 1.61. The van der Waals surface area contributed by atoms with E-state index in [9.17, 15) is 0 Å². The average molecular weight is 283 g/mol. The van der Waals surface area contributed by atoms with E-state index in [0.717, 1.165) is 11.3 Å². The molecule has 1 aromatic carbocycles. The fourth-order valence-corrected chi connectivity index (χ4v) is 2.14. The number of halogens is 2. The Morgan fingerprint density at radius 3 is 2.72 bits per heavy atom. The molecule has 0 aliphatic heterocycles. The number of pyridine rings is 1. The van der Waals surface area contributed by atoms with Gasteiger partial charge in [-0.3, -0.25) is 4.98 Å². The molecule has 3 nitrogen and oxygen atoms in total. The highest BCUT2D eigenvalue weighted by Gasteiger charge is 2.15. The van der Waals surface area contributed by atoms with Crippen LogP contribution < -0.4 is 10.5 Å². The summed E-state index contributed by atoms with van der Waals surface area (Å²) < 4.78 is 5.16. The van der Waals surface area contributed by atoms with Crippen LogP contribution in [0.15, 0.2) is 36.5 Å². The Morgan fingerprint density at radius 1 is 1.28 bits per heavy atom. The first-order valence-corrected chi connectivity index (χ1v) is 6.08. The van der Waals surface area contributed by atoms with Gasteiger partial charge in [-0.25, -0.2) is 0 Å². The molecule has 1 atom stereocenters. The van der Waals surface area contributed by atoms with Crippen molar-refractivity contribution in [2.45, 2.75) is 6.04 Å². The summed E-state index contributed by atoms with van der Waals surface area (Å²) in [4.78, 5) is 4.18. The molecule has 2 N–H and O–H groups in total. The molecule has 0 aliphatic carbocycles. The molecule has 0 spiro atoms. The van der Waals surface area contributed by atoms with Crippen LogP contribution in [0.5, 0.6) is 5.75 Å². The van der Waals surface area contributed by atoms with Crippen LogP contribution in [0.25, 0.3) is 0 Å². The first-order chi connectivity index (χ1) is 8.61. The summed E-state index contributed by atoms with van der Waals surface area (Å²) in [6, 6.07) is 8.71. The summed E-state index contributed by atoms with van der Waals surface area (Å²) in [6.07, 6.45) is 1.53. The quantitative estimate of drug-likeness (QED) is 0.938. The molecular formula is C13H12Cl2N2O. The molecule has 1 heterocycles. The summed E-state index contributed by atoms with van der Waals surface area (Å²) in [6.45, 7) is 0. The molecule has 0 amide bonds. The minimum absolute atomic E-state index is 0.412. The van der Waals surface area contributed by atoms with E-state index in [2.05, 4.69) is 4.98 Å². The van der Waals surface area contributed by atoms with E-state index in [-0.39, 0.29) is 0 Å². The molecule has 1 unspecified atom stereocenters. The first kappa shape index (κ1) is 13.1. The van der Waals surface area contributed by atoms with Gasteiger partial charge in [-0.05, 0) is 23.8 Å². The van der Waals surface area contributed by atoms with Gasteiger partial charge in [0.1, 0.15) is 5.75 Å². The number of nitrogens with two attached hydrogens (primary N) is 1. The lowest BCUT2D eigenvalue weighted by atomic mass is 10.0. The monoisotopic (exact) mass is 282 g/mol. The van der Waals surface area contributed by atoms with Crippen molar-refractivity contribution in [2.24, 2.45) is 5.73 Å². The Hall–Kier alpha value is -1.29. The van der Waals surface area contributed by atoms with E-state index in [4.69, 9.17) is 33.7 Å². The molecule has 5 heteroatoms. The maximum absolute atomic E-state index is 6.15. The standard InChI is InChI=1S/C13H12Cl2N2O/c1-18-10-4-2-3-8(5-10)12(16)13-11(15)6-9(14)7-17-13/h2-7,12H,16H2,1H3. The highest BCUT2D eigenvalue weighted by molar-refractivity contribution is 6.34. The van der Waals surface area contributed by atoms with Crippen LogP contribution >= 0.6 is 23.2 Å². The predicted molar refractivity (Wildman–Crippen MR) is 73.3 cm³/mol. The summed E-state index contributed by atoms with van der Waals surface area (Å²) in [5.41, 5.74) is 7.62. The number of rotatable bonds is 3. The number of methoxy groups -OCH3 is 1.